The molecule has 0 aliphatic rings. The molecule has 13 nitrogen and oxygen atoms in total. The Labute approximate surface area is 273 Å². The largest absolute Gasteiger partial charge is 0.368 e. The highest BCUT2D eigenvalue weighted by Gasteiger charge is 2.31. The number of hydrogen-bond donors (Lipinski definition) is 9. The van der Waals surface area contributed by atoms with Crippen molar-refractivity contribution >= 4 is 45.4 Å². The first kappa shape index (κ1) is 35.1. The molecular weight excluding hydrogens is 598 g/mol. The van der Waals surface area contributed by atoms with Crippen molar-refractivity contribution < 1.29 is 19.2 Å². The highest BCUT2D eigenvalue weighted by molar-refractivity contribution is 5.95. The van der Waals surface area contributed by atoms with E-state index in [1.54, 1.807) is 12.4 Å². The number of carbonyl (C=O) groups excluding carboxylic acids is 4. The van der Waals surface area contributed by atoms with E-state index in [9.17, 15) is 19.2 Å². The number of benzene rings is 2. The van der Waals surface area contributed by atoms with E-state index in [1.807, 2.05) is 48.5 Å². The number of rotatable bonds is 19. The molecule has 2 aromatic heterocycles. The summed E-state index contributed by atoms with van der Waals surface area (Å²) in [5.74, 6) is -2.30. The molecule has 2 heterocycles. The molecule has 252 valence electrons. The van der Waals surface area contributed by atoms with Crippen LogP contribution in [-0.2, 0) is 32.0 Å². The van der Waals surface area contributed by atoms with E-state index in [-0.39, 0.29) is 12.8 Å². The van der Waals surface area contributed by atoms with E-state index in [0.29, 0.717) is 45.2 Å². The molecule has 0 fully saturated rings. The molecule has 4 amide bonds. The van der Waals surface area contributed by atoms with E-state index >= 15 is 0 Å². The van der Waals surface area contributed by atoms with Crippen LogP contribution in [0.25, 0.3) is 21.8 Å². The maximum Gasteiger partial charge on any atom is 0.243 e. The Bertz CT molecular complexity index is 1650. The summed E-state index contributed by atoms with van der Waals surface area (Å²) in [6, 6.07) is 11.3. The Hall–Kier alpha value is -4.72. The molecule has 0 bridgehead atoms. The maximum absolute atomic E-state index is 13.9. The third-order valence-corrected chi connectivity index (χ3v) is 8.38. The van der Waals surface area contributed by atoms with Crippen LogP contribution in [0.2, 0.25) is 0 Å². The standard InChI is InChI=1S/C34H47N9O4/c35-15-7-5-11-25(37)32(45)41-28(14-6-8-16-36)33(46)43-30(18-22-20-40-27-13-4-2-10-24(22)27)34(47)42-29(31(38)44)17-21-19-39-26-12-3-1-9-23(21)26/h1-4,9-10,12-13,19-20,25,28-30,39-40H,5-8,11,14-18,35-37H2,(H2,38,44)(H,41,45)(H,42,47)(H,43,46)/t25-,28-,29-,30-/m0/s1. The van der Waals surface area contributed by atoms with Gasteiger partial charge < -0.3 is 48.9 Å². The second-order valence-electron chi connectivity index (χ2n) is 11.9. The highest BCUT2D eigenvalue weighted by Crippen LogP contribution is 2.21. The lowest BCUT2D eigenvalue weighted by Gasteiger charge is -2.25. The van der Waals surface area contributed by atoms with Gasteiger partial charge in [0.2, 0.25) is 23.6 Å². The van der Waals surface area contributed by atoms with Crippen molar-refractivity contribution in [2.24, 2.45) is 22.9 Å². The van der Waals surface area contributed by atoms with Crippen LogP contribution in [0.1, 0.15) is 49.7 Å². The molecule has 13 heteroatoms. The summed E-state index contributed by atoms with van der Waals surface area (Å²) in [5.41, 5.74) is 26.5. The lowest BCUT2D eigenvalue weighted by molar-refractivity contribution is -0.133. The summed E-state index contributed by atoms with van der Waals surface area (Å²) < 4.78 is 0. The molecule has 0 radical (unpaired) electrons. The molecule has 4 atom stereocenters. The van der Waals surface area contributed by atoms with Gasteiger partial charge in [-0.15, -0.1) is 0 Å². The van der Waals surface area contributed by atoms with Crippen LogP contribution >= 0.6 is 0 Å². The normalized spacial score (nSPS) is 13.9. The predicted octanol–water partition coefficient (Wildman–Crippen LogP) is 0.959. The number of carbonyl (C=O) groups is 4. The Morgan fingerprint density at radius 2 is 1.09 bits per heavy atom. The molecule has 0 spiro atoms. The van der Waals surface area contributed by atoms with E-state index < -0.39 is 47.8 Å². The fourth-order valence-electron chi connectivity index (χ4n) is 5.70. The van der Waals surface area contributed by atoms with Crippen LogP contribution in [0.15, 0.2) is 60.9 Å². The number of unbranched alkanes of at least 4 members (excludes halogenated alkanes) is 2. The van der Waals surface area contributed by atoms with Gasteiger partial charge in [0, 0.05) is 47.0 Å². The molecule has 0 saturated heterocycles. The minimum atomic E-state index is -1.10. The number of aromatic amines is 2. The number of aromatic nitrogens is 2. The van der Waals surface area contributed by atoms with Crippen molar-refractivity contribution in [3.63, 3.8) is 0 Å². The van der Waals surface area contributed by atoms with Crippen LogP contribution in [0.3, 0.4) is 0 Å². The SMILES string of the molecule is NCCCC[C@H](NC(=O)[C@@H](N)CCCCN)C(=O)N[C@@H](Cc1c[nH]c2ccccc12)C(=O)N[C@@H](Cc1c[nH]c2ccccc12)C(N)=O. The van der Waals surface area contributed by atoms with E-state index in [1.165, 1.54) is 0 Å². The number of primary amides is 1. The van der Waals surface area contributed by atoms with Gasteiger partial charge in [0.05, 0.1) is 6.04 Å². The average Bonchev–Trinajstić information content (AvgIpc) is 3.67. The van der Waals surface area contributed by atoms with Gasteiger partial charge in [-0.25, -0.2) is 0 Å². The van der Waals surface area contributed by atoms with Crippen LogP contribution in [-0.4, -0.2) is 70.9 Å². The zero-order valence-electron chi connectivity index (χ0n) is 26.6. The molecule has 0 aliphatic heterocycles. The number of H-pyrrole nitrogens is 2. The number of amides is 4. The molecule has 0 unspecified atom stereocenters. The lowest BCUT2D eigenvalue weighted by atomic mass is 10.0. The minimum Gasteiger partial charge on any atom is -0.368 e. The fourth-order valence-corrected chi connectivity index (χ4v) is 5.70. The van der Waals surface area contributed by atoms with Crippen molar-refractivity contribution in [3.8, 4) is 0 Å². The Kier molecular flexibility index (Phi) is 12.9. The molecule has 47 heavy (non-hydrogen) atoms. The Morgan fingerprint density at radius 1 is 0.617 bits per heavy atom. The zero-order chi connectivity index (χ0) is 33.8. The number of nitrogens with one attached hydrogen (secondary N) is 5. The van der Waals surface area contributed by atoms with Gasteiger partial charge in [-0.05, 0) is 68.5 Å². The van der Waals surface area contributed by atoms with Gasteiger partial charge >= 0.3 is 0 Å². The lowest BCUT2D eigenvalue weighted by Crippen LogP contribution is -2.58. The highest BCUT2D eigenvalue weighted by atomic mass is 16.2. The van der Waals surface area contributed by atoms with Gasteiger partial charge in [-0.2, -0.15) is 0 Å². The van der Waals surface area contributed by atoms with Gasteiger partial charge in [0.1, 0.15) is 18.1 Å². The van der Waals surface area contributed by atoms with E-state index in [2.05, 4.69) is 25.9 Å². The van der Waals surface area contributed by atoms with Crippen LogP contribution in [0, 0.1) is 0 Å². The van der Waals surface area contributed by atoms with Crippen molar-refractivity contribution in [3.05, 3.63) is 72.1 Å². The monoisotopic (exact) mass is 645 g/mol. The van der Waals surface area contributed by atoms with Crippen molar-refractivity contribution in [1.82, 2.24) is 25.9 Å². The molecule has 4 rings (SSSR count). The third-order valence-electron chi connectivity index (χ3n) is 8.38. The average molecular weight is 646 g/mol. The smallest absolute Gasteiger partial charge is 0.243 e. The number of para-hydroxylation sites is 2. The summed E-state index contributed by atoms with van der Waals surface area (Å²) in [7, 11) is 0. The van der Waals surface area contributed by atoms with Gasteiger partial charge in [0.25, 0.3) is 0 Å². The molecule has 0 aliphatic carbocycles. The Morgan fingerprint density at radius 3 is 1.64 bits per heavy atom. The van der Waals surface area contributed by atoms with Crippen molar-refractivity contribution in [1.29, 1.82) is 0 Å². The van der Waals surface area contributed by atoms with Gasteiger partial charge in [-0.1, -0.05) is 42.8 Å². The number of nitrogens with two attached hydrogens (primary N) is 4. The minimum absolute atomic E-state index is 0.113. The first-order chi connectivity index (χ1) is 22.7. The molecule has 2 aromatic carbocycles. The summed E-state index contributed by atoms with van der Waals surface area (Å²) in [5, 5.41) is 10.2. The Balaban J connectivity index is 1.56. The third kappa shape index (κ3) is 9.64. The summed E-state index contributed by atoms with van der Waals surface area (Å²) in [6.45, 7) is 0.925. The molecule has 13 N–H and O–H groups in total. The first-order valence-electron chi connectivity index (χ1n) is 16.2. The molecule has 4 aromatic rings. The summed E-state index contributed by atoms with van der Waals surface area (Å²) >= 11 is 0. The maximum atomic E-state index is 13.9. The predicted molar refractivity (Wildman–Crippen MR) is 183 cm³/mol. The summed E-state index contributed by atoms with van der Waals surface area (Å²) in [4.78, 5) is 59.6. The second-order valence-corrected chi connectivity index (χ2v) is 11.9. The van der Waals surface area contributed by atoms with E-state index in [0.717, 1.165) is 39.4 Å². The second kappa shape index (κ2) is 17.3. The van der Waals surface area contributed by atoms with E-state index in [4.69, 9.17) is 22.9 Å². The first-order valence-corrected chi connectivity index (χ1v) is 16.2. The topological polar surface area (TPSA) is 240 Å². The zero-order valence-corrected chi connectivity index (χ0v) is 26.6. The number of fused-ring (bicyclic) bond motifs is 2. The quantitative estimate of drug-likeness (QED) is 0.0669. The fraction of sp³-hybridized carbons (Fsp3) is 0.412. The van der Waals surface area contributed by atoms with Crippen molar-refractivity contribution in [2.75, 3.05) is 13.1 Å². The number of hydrogen-bond acceptors (Lipinski definition) is 7. The van der Waals surface area contributed by atoms with Crippen LogP contribution in [0.4, 0.5) is 0 Å². The molecule has 0 saturated carbocycles. The summed E-state index contributed by atoms with van der Waals surface area (Å²) in [6.07, 6.45) is 7.21. The van der Waals surface area contributed by atoms with Gasteiger partial charge in [-0.3, -0.25) is 19.2 Å². The van der Waals surface area contributed by atoms with Crippen molar-refractivity contribution in [2.45, 2.75) is 75.5 Å². The molecular formula is C34H47N9O4. The van der Waals surface area contributed by atoms with Crippen LogP contribution < -0.4 is 38.9 Å². The van der Waals surface area contributed by atoms with Gasteiger partial charge in [0.15, 0.2) is 0 Å². The van der Waals surface area contributed by atoms with Crippen LogP contribution in [0.5, 0.6) is 0 Å².